The zero-order chi connectivity index (χ0) is 20.3. The van der Waals surface area contributed by atoms with Gasteiger partial charge in [-0.15, -0.1) is 10.2 Å². The molecule has 1 aromatic rings. The first-order chi connectivity index (χ1) is 14.0. The number of nitrogens with zero attached hydrogens (tertiary/aromatic N) is 4. The molecule has 3 fully saturated rings. The van der Waals surface area contributed by atoms with Crippen LogP contribution in [0.15, 0.2) is 9.64 Å². The summed E-state index contributed by atoms with van der Waals surface area (Å²) in [5, 5.41) is 8.59. The molecule has 2 saturated heterocycles. The van der Waals surface area contributed by atoms with E-state index in [0.29, 0.717) is 24.1 Å². The van der Waals surface area contributed by atoms with E-state index < -0.39 is 9.84 Å². The second kappa shape index (κ2) is 9.34. The molecule has 8 nitrogen and oxygen atoms in total. The Kier molecular flexibility index (Phi) is 6.80. The van der Waals surface area contributed by atoms with Gasteiger partial charge in [0.2, 0.25) is 11.8 Å². The number of carbonyl (C=O) groups excluding carboxylic acids is 1. The van der Waals surface area contributed by atoms with Crippen LogP contribution in [0.3, 0.4) is 0 Å². The molecule has 0 aromatic carbocycles. The zero-order valence-corrected chi connectivity index (χ0v) is 18.4. The Labute approximate surface area is 176 Å². The number of aromatic nitrogens is 2. The largest absolute Gasteiger partial charge is 0.415 e. The average Bonchev–Trinajstić information content (AvgIpc) is 3.44. The van der Waals surface area contributed by atoms with Crippen molar-refractivity contribution in [3.63, 3.8) is 0 Å². The summed E-state index contributed by atoms with van der Waals surface area (Å²) in [6, 6.07) is -0.0341. The lowest BCUT2D eigenvalue weighted by Gasteiger charge is -2.38. The second-order valence-corrected chi connectivity index (χ2v) is 11.5. The van der Waals surface area contributed by atoms with Crippen LogP contribution in [0.5, 0.6) is 0 Å². The van der Waals surface area contributed by atoms with Gasteiger partial charge in [-0.25, -0.2) is 8.42 Å². The first-order valence-electron chi connectivity index (χ1n) is 10.7. The summed E-state index contributed by atoms with van der Waals surface area (Å²) in [5.41, 5.74) is 0. The molecule has 1 atom stereocenters. The maximum Gasteiger partial charge on any atom is 0.277 e. The van der Waals surface area contributed by atoms with Crippen LogP contribution in [0.2, 0.25) is 0 Å². The Morgan fingerprint density at radius 3 is 2.52 bits per heavy atom. The first kappa shape index (κ1) is 21.1. The molecule has 1 aromatic heterocycles. The fourth-order valence-corrected chi connectivity index (χ4v) is 7.11. The van der Waals surface area contributed by atoms with Crippen LogP contribution in [0.1, 0.15) is 57.3 Å². The minimum absolute atomic E-state index is 0.0108. The van der Waals surface area contributed by atoms with Gasteiger partial charge in [0.1, 0.15) is 0 Å². The lowest BCUT2D eigenvalue weighted by molar-refractivity contribution is -0.133. The van der Waals surface area contributed by atoms with Gasteiger partial charge in [0.15, 0.2) is 9.84 Å². The van der Waals surface area contributed by atoms with Gasteiger partial charge in [-0.1, -0.05) is 31.0 Å². The number of thioether (sulfide) groups is 1. The summed E-state index contributed by atoms with van der Waals surface area (Å²) in [6.07, 6.45) is 8.29. The summed E-state index contributed by atoms with van der Waals surface area (Å²) in [7, 11) is -3.03. The van der Waals surface area contributed by atoms with Crippen molar-refractivity contribution >= 4 is 27.5 Å². The van der Waals surface area contributed by atoms with Gasteiger partial charge in [-0.05, 0) is 45.2 Å². The number of rotatable bonds is 7. The molecule has 0 bridgehead atoms. The molecule has 0 radical (unpaired) electrons. The van der Waals surface area contributed by atoms with Crippen LogP contribution < -0.4 is 0 Å². The van der Waals surface area contributed by atoms with E-state index in [1.807, 2.05) is 4.90 Å². The highest BCUT2D eigenvalue weighted by Gasteiger charge is 2.38. The van der Waals surface area contributed by atoms with Gasteiger partial charge in [-0.2, -0.15) is 0 Å². The number of carbonyl (C=O) groups is 1. The van der Waals surface area contributed by atoms with Gasteiger partial charge in [0.25, 0.3) is 5.22 Å². The SMILES string of the molecule is O=C(CSc1nnc(CN2CCCC2)o1)N(C1CCCCC1)[C@H]1CCS(=O)(=O)C1. The quantitative estimate of drug-likeness (QED) is 0.593. The third kappa shape index (κ3) is 5.52. The van der Waals surface area contributed by atoms with E-state index in [1.54, 1.807) is 0 Å². The molecule has 1 aliphatic carbocycles. The fraction of sp³-hybridized carbons (Fsp3) is 0.842. The molecule has 0 N–H and O–H groups in total. The van der Waals surface area contributed by atoms with Crippen molar-refractivity contribution in [2.45, 2.75) is 75.2 Å². The van der Waals surface area contributed by atoms with E-state index in [9.17, 15) is 13.2 Å². The van der Waals surface area contributed by atoms with Gasteiger partial charge >= 0.3 is 0 Å². The maximum atomic E-state index is 13.1. The Balaban J connectivity index is 1.36. The Bertz CT molecular complexity index is 801. The van der Waals surface area contributed by atoms with Crippen molar-refractivity contribution in [3.8, 4) is 0 Å². The molecule has 4 rings (SSSR count). The number of sulfone groups is 1. The van der Waals surface area contributed by atoms with Crippen LogP contribution in [0.25, 0.3) is 0 Å². The van der Waals surface area contributed by atoms with Gasteiger partial charge in [0, 0.05) is 12.1 Å². The minimum Gasteiger partial charge on any atom is -0.415 e. The summed E-state index contributed by atoms with van der Waals surface area (Å²) < 4.78 is 29.7. The van der Waals surface area contributed by atoms with Crippen molar-refractivity contribution in [2.75, 3.05) is 30.3 Å². The highest BCUT2D eigenvalue weighted by Crippen LogP contribution is 2.29. The predicted molar refractivity (Wildman–Crippen MR) is 110 cm³/mol. The topological polar surface area (TPSA) is 96.6 Å². The van der Waals surface area contributed by atoms with Crippen molar-refractivity contribution in [1.82, 2.24) is 20.0 Å². The standard InChI is InChI=1S/C19H30N4O4S2/c24-18(13-28-19-21-20-17(27-19)12-22-9-4-5-10-22)23(15-6-2-1-3-7-15)16-8-11-29(25,26)14-16/h15-16H,1-14H2/t16-/m0/s1. The highest BCUT2D eigenvalue weighted by atomic mass is 32.2. The van der Waals surface area contributed by atoms with E-state index >= 15 is 0 Å². The molecule has 0 spiro atoms. The summed E-state index contributed by atoms with van der Waals surface area (Å²) in [6.45, 7) is 2.78. The van der Waals surface area contributed by atoms with E-state index in [-0.39, 0.29) is 35.2 Å². The number of hydrogen-bond acceptors (Lipinski definition) is 8. The summed E-state index contributed by atoms with van der Waals surface area (Å²) in [5.74, 6) is 1.07. The normalized spacial score (nSPS) is 25.4. The van der Waals surface area contributed by atoms with Crippen molar-refractivity contribution in [3.05, 3.63) is 5.89 Å². The van der Waals surface area contributed by atoms with Crippen molar-refractivity contribution in [2.24, 2.45) is 0 Å². The molecule has 0 unspecified atom stereocenters. The molecular formula is C19H30N4O4S2. The molecule has 2 aliphatic heterocycles. The molecule has 1 amide bonds. The highest BCUT2D eigenvalue weighted by molar-refractivity contribution is 7.99. The van der Waals surface area contributed by atoms with Crippen LogP contribution in [-0.4, -0.2) is 76.8 Å². The Hall–Kier alpha value is -1.13. The first-order valence-corrected chi connectivity index (χ1v) is 13.5. The smallest absolute Gasteiger partial charge is 0.277 e. The molecule has 10 heteroatoms. The monoisotopic (exact) mass is 442 g/mol. The predicted octanol–water partition coefficient (Wildman–Crippen LogP) is 2.11. The van der Waals surface area contributed by atoms with E-state index in [4.69, 9.17) is 4.42 Å². The van der Waals surface area contributed by atoms with Crippen LogP contribution in [-0.2, 0) is 21.2 Å². The maximum absolute atomic E-state index is 13.1. The second-order valence-electron chi connectivity index (χ2n) is 8.38. The van der Waals surface area contributed by atoms with Gasteiger partial charge in [0.05, 0.1) is 23.8 Å². The van der Waals surface area contributed by atoms with Crippen LogP contribution >= 0.6 is 11.8 Å². The number of hydrogen-bond donors (Lipinski definition) is 0. The Morgan fingerprint density at radius 2 is 1.83 bits per heavy atom. The van der Waals surface area contributed by atoms with Crippen LogP contribution in [0, 0.1) is 0 Å². The van der Waals surface area contributed by atoms with Crippen molar-refractivity contribution in [1.29, 1.82) is 0 Å². The van der Waals surface area contributed by atoms with E-state index in [2.05, 4.69) is 15.1 Å². The number of amides is 1. The molecule has 3 heterocycles. The molecule has 3 aliphatic rings. The summed E-state index contributed by atoms with van der Waals surface area (Å²) >= 11 is 1.26. The third-order valence-electron chi connectivity index (χ3n) is 6.18. The lowest BCUT2D eigenvalue weighted by Crippen LogP contribution is -2.49. The Morgan fingerprint density at radius 1 is 1.07 bits per heavy atom. The molecule has 1 saturated carbocycles. The van der Waals surface area contributed by atoms with Crippen LogP contribution in [0.4, 0.5) is 0 Å². The fourth-order valence-electron chi connectivity index (χ4n) is 4.75. The lowest BCUT2D eigenvalue weighted by atomic mass is 9.93. The number of likely N-dealkylation sites (tertiary alicyclic amines) is 1. The average molecular weight is 443 g/mol. The molecule has 162 valence electrons. The third-order valence-corrected chi connectivity index (χ3v) is 8.74. The zero-order valence-electron chi connectivity index (χ0n) is 16.8. The van der Waals surface area contributed by atoms with Crippen molar-refractivity contribution < 1.29 is 17.6 Å². The van der Waals surface area contributed by atoms with E-state index in [0.717, 1.165) is 38.8 Å². The summed E-state index contributed by atoms with van der Waals surface area (Å²) in [4.78, 5) is 17.3. The minimum atomic E-state index is -3.03. The molecule has 29 heavy (non-hydrogen) atoms. The van der Waals surface area contributed by atoms with E-state index in [1.165, 1.54) is 31.0 Å². The molecular weight excluding hydrogens is 412 g/mol. The van der Waals surface area contributed by atoms with Gasteiger partial charge < -0.3 is 9.32 Å². The van der Waals surface area contributed by atoms with Gasteiger partial charge in [-0.3, -0.25) is 9.69 Å².